The Morgan fingerprint density at radius 1 is 1.32 bits per heavy atom. The topological polar surface area (TPSA) is 80.0 Å². The molecule has 0 aliphatic rings. The molecule has 0 atom stereocenters. The summed E-state index contributed by atoms with van der Waals surface area (Å²) in [7, 11) is 0. The lowest BCUT2D eigenvalue weighted by molar-refractivity contribution is 0.102. The van der Waals surface area contributed by atoms with E-state index in [2.05, 4.69) is 22.7 Å². The summed E-state index contributed by atoms with van der Waals surface area (Å²) in [6.45, 7) is 2.07. The van der Waals surface area contributed by atoms with Gasteiger partial charge in [-0.2, -0.15) is 0 Å². The van der Waals surface area contributed by atoms with Crippen molar-refractivity contribution in [3.05, 3.63) is 53.7 Å². The highest BCUT2D eigenvalue weighted by Gasteiger charge is 2.11. The maximum Gasteiger partial charge on any atom is 0.259 e. The minimum absolute atomic E-state index is 0.241. The lowest BCUT2D eigenvalue weighted by Gasteiger charge is -2.09. The van der Waals surface area contributed by atoms with Crippen LogP contribution in [-0.2, 0) is 6.42 Å². The van der Waals surface area contributed by atoms with Gasteiger partial charge in [-0.1, -0.05) is 19.1 Å². The van der Waals surface area contributed by atoms with Crippen molar-refractivity contribution in [2.75, 3.05) is 10.7 Å². The largest absolute Gasteiger partial charge is 0.322 e. The smallest absolute Gasteiger partial charge is 0.259 e. The number of hydrazine groups is 1. The number of amides is 1. The van der Waals surface area contributed by atoms with Gasteiger partial charge in [0.1, 0.15) is 0 Å². The van der Waals surface area contributed by atoms with E-state index in [1.165, 1.54) is 5.56 Å². The van der Waals surface area contributed by atoms with Crippen molar-refractivity contribution in [1.82, 2.24) is 4.98 Å². The van der Waals surface area contributed by atoms with Crippen molar-refractivity contribution >= 4 is 17.4 Å². The van der Waals surface area contributed by atoms with Crippen molar-refractivity contribution in [2.24, 2.45) is 5.84 Å². The molecule has 5 heteroatoms. The number of aryl methyl sites for hydroxylation is 1. The van der Waals surface area contributed by atoms with Gasteiger partial charge in [-0.05, 0) is 36.2 Å². The molecule has 2 aromatic rings. The molecule has 2 rings (SSSR count). The highest BCUT2D eigenvalue weighted by molar-refractivity contribution is 6.07. The molecule has 0 spiro atoms. The Morgan fingerprint density at radius 3 is 2.89 bits per heavy atom. The molecule has 0 unspecified atom stereocenters. The van der Waals surface area contributed by atoms with Crippen LogP contribution < -0.4 is 16.6 Å². The third-order valence-corrected chi connectivity index (χ3v) is 2.78. The molecule has 0 aliphatic carbocycles. The summed E-state index contributed by atoms with van der Waals surface area (Å²) in [5, 5.41) is 2.83. The highest BCUT2D eigenvalue weighted by atomic mass is 16.1. The molecule has 0 radical (unpaired) electrons. The number of nitrogens with one attached hydrogen (secondary N) is 2. The number of carbonyl (C=O) groups is 1. The molecule has 19 heavy (non-hydrogen) atoms. The summed E-state index contributed by atoms with van der Waals surface area (Å²) in [5.74, 6) is 5.45. The van der Waals surface area contributed by atoms with Crippen molar-refractivity contribution < 1.29 is 4.79 Å². The number of carbonyl (C=O) groups excluding carboxylic acids is 1. The number of rotatable bonds is 4. The van der Waals surface area contributed by atoms with E-state index in [-0.39, 0.29) is 5.91 Å². The minimum Gasteiger partial charge on any atom is -0.322 e. The van der Waals surface area contributed by atoms with Crippen molar-refractivity contribution in [1.29, 1.82) is 0 Å². The van der Waals surface area contributed by atoms with Gasteiger partial charge in [0.2, 0.25) is 0 Å². The number of nitrogen functional groups attached to an aromatic ring is 1. The number of benzene rings is 1. The van der Waals surface area contributed by atoms with Crippen LogP contribution in [0.3, 0.4) is 0 Å². The molecule has 98 valence electrons. The molecular weight excluding hydrogens is 240 g/mol. The minimum atomic E-state index is -0.241. The van der Waals surface area contributed by atoms with E-state index in [4.69, 9.17) is 5.84 Å². The van der Waals surface area contributed by atoms with Gasteiger partial charge >= 0.3 is 0 Å². The van der Waals surface area contributed by atoms with E-state index in [1.54, 1.807) is 18.3 Å². The first-order valence-corrected chi connectivity index (χ1v) is 6.06. The molecule has 0 saturated carbocycles. The van der Waals surface area contributed by atoms with Crippen LogP contribution in [0.1, 0.15) is 22.8 Å². The zero-order valence-corrected chi connectivity index (χ0v) is 10.7. The van der Waals surface area contributed by atoms with E-state index in [1.807, 2.05) is 24.3 Å². The average molecular weight is 256 g/mol. The summed E-state index contributed by atoms with van der Waals surface area (Å²) < 4.78 is 0. The zero-order chi connectivity index (χ0) is 13.7. The molecule has 1 amide bonds. The summed E-state index contributed by atoms with van der Waals surface area (Å²) in [5.41, 5.74) is 4.75. The number of hydrogen-bond acceptors (Lipinski definition) is 4. The molecule has 5 nitrogen and oxygen atoms in total. The Labute approximate surface area is 111 Å². The number of hydrogen-bond donors (Lipinski definition) is 3. The van der Waals surface area contributed by atoms with Gasteiger partial charge in [-0.3, -0.25) is 4.79 Å². The third kappa shape index (κ3) is 3.08. The molecule has 0 saturated heterocycles. The van der Waals surface area contributed by atoms with Crippen LogP contribution in [-0.4, -0.2) is 10.9 Å². The van der Waals surface area contributed by atoms with Crippen LogP contribution >= 0.6 is 0 Å². The van der Waals surface area contributed by atoms with Gasteiger partial charge in [0.05, 0.1) is 5.56 Å². The first-order valence-electron chi connectivity index (χ1n) is 6.06. The number of pyridine rings is 1. The molecule has 0 aliphatic heterocycles. The monoisotopic (exact) mass is 256 g/mol. The average Bonchev–Trinajstić information content (AvgIpc) is 2.47. The second kappa shape index (κ2) is 5.97. The Kier molecular flexibility index (Phi) is 4.10. The predicted octanol–water partition coefficient (Wildman–Crippen LogP) is 2.18. The first kappa shape index (κ1) is 13.0. The molecule has 4 N–H and O–H groups in total. The molecular formula is C14H16N4O. The van der Waals surface area contributed by atoms with Crippen LogP contribution in [0, 0.1) is 0 Å². The van der Waals surface area contributed by atoms with Crippen molar-refractivity contribution in [3.8, 4) is 0 Å². The fraction of sp³-hybridized carbons (Fsp3) is 0.143. The fourth-order valence-corrected chi connectivity index (χ4v) is 1.77. The van der Waals surface area contributed by atoms with Crippen molar-refractivity contribution in [2.45, 2.75) is 13.3 Å². The van der Waals surface area contributed by atoms with Gasteiger partial charge in [-0.15, -0.1) is 0 Å². The Morgan fingerprint density at radius 2 is 2.16 bits per heavy atom. The second-order valence-electron chi connectivity index (χ2n) is 4.05. The lowest BCUT2D eigenvalue weighted by atomic mass is 10.1. The normalized spacial score (nSPS) is 10.0. The summed E-state index contributed by atoms with van der Waals surface area (Å²) in [6.07, 6.45) is 2.50. The zero-order valence-electron chi connectivity index (χ0n) is 10.7. The maximum atomic E-state index is 12.1. The summed E-state index contributed by atoms with van der Waals surface area (Å²) in [6, 6.07) is 11.1. The van der Waals surface area contributed by atoms with Crippen LogP contribution in [0.4, 0.5) is 11.5 Å². The standard InChI is InChI=1S/C14H16N4O/c1-2-10-5-3-6-11(9-10)17-14(19)12-7-4-8-16-13(12)18-15/h3-9H,2,15H2,1H3,(H,16,18)(H,17,19). The Hall–Kier alpha value is -2.40. The predicted molar refractivity (Wildman–Crippen MR) is 75.8 cm³/mol. The molecule has 0 bridgehead atoms. The molecule has 1 aromatic heterocycles. The van der Waals surface area contributed by atoms with Crippen molar-refractivity contribution in [3.63, 3.8) is 0 Å². The van der Waals surface area contributed by atoms with E-state index < -0.39 is 0 Å². The second-order valence-corrected chi connectivity index (χ2v) is 4.05. The van der Waals surface area contributed by atoms with Gasteiger partial charge in [0.15, 0.2) is 5.82 Å². The van der Waals surface area contributed by atoms with E-state index in [9.17, 15) is 4.79 Å². The Bertz CT molecular complexity index is 583. The summed E-state index contributed by atoms with van der Waals surface area (Å²) in [4.78, 5) is 16.1. The van der Waals surface area contributed by atoms with E-state index in [0.29, 0.717) is 11.4 Å². The van der Waals surface area contributed by atoms with Crippen LogP contribution in [0.25, 0.3) is 0 Å². The third-order valence-electron chi connectivity index (χ3n) is 2.78. The van der Waals surface area contributed by atoms with Crippen LogP contribution in [0.2, 0.25) is 0 Å². The molecule has 1 aromatic carbocycles. The SMILES string of the molecule is CCc1cccc(NC(=O)c2cccnc2NN)c1. The van der Waals surface area contributed by atoms with E-state index >= 15 is 0 Å². The number of nitrogens with zero attached hydrogens (tertiary/aromatic N) is 1. The van der Waals surface area contributed by atoms with Crippen LogP contribution in [0.15, 0.2) is 42.6 Å². The fourth-order valence-electron chi connectivity index (χ4n) is 1.77. The number of anilines is 2. The van der Waals surface area contributed by atoms with E-state index in [0.717, 1.165) is 12.1 Å². The highest BCUT2D eigenvalue weighted by Crippen LogP contribution is 2.15. The number of nitrogens with two attached hydrogens (primary N) is 1. The van der Waals surface area contributed by atoms with Gasteiger partial charge in [-0.25, -0.2) is 10.8 Å². The van der Waals surface area contributed by atoms with Crippen LogP contribution in [0.5, 0.6) is 0 Å². The van der Waals surface area contributed by atoms with Gasteiger partial charge in [0, 0.05) is 11.9 Å². The molecule has 0 fully saturated rings. The summed E-state index contributed by atoms with van der Waals surface area (Å²) >= 11 is 0. The maximum absolute atomic E-state index is 12.1. The van der Waals surface area contributed by atoms with Gasteiger partial charge < -0.3 is 10.7 Å². The lowest BCUT2D eigenvalue weighted by Crippen LogP contribution is -2.18. The molecule has 1 heterocycles. The number of aromatic nitrogens is 1. The first-order chi connectivity index (χ1) is 9.24. The quantitative estimate of drug-likeness (QED) is 0.578. The van der Waals surface area contributed by atoms with Gasteiger partial charge in [0.25, 0.3) is 5.91 Å². The Balaban J connectivity index is 2.20.